The molecule has 2 saturated heterocycles. The summed E-state index contributed by atoms with van der Waals surface area (Å²) in [6, 6.07) is 0. The Labute approximate surface area is 153 Å². The zero-order valence-corrected chi connectivity index (χ0v) is 16.5. The number of likely N-dealkylation sites (tertiary alicyclic amines) is 1. The smallest absolute Gasteiger partial charge is 0.191 e. The molecule has 0 aromatic rings. The van der Waals surface area contributed by atoms with Crippen molar-refractivity contribution in [2.75, 3.05) is 59.4 Å². The van der Waals surface area contributed by atoms with Crippen molar-refractivity contribution in [1.82, 2.24) is 14.7 Å². The second-order valence-electron chi connectivity index (χ2n) is 6.49. The quantitative estimate of drug-likeness (QED) is 0.325. The van der Waals surface area contributed by atoms with Crippen molar-refractivity contribution in [2.45, 2.75) is 38.5 Å². The summed E-state index contributed by atoms with van der Waals surface area (Å²) < 4.78 is 0. The average molecular weight is 423 g/mol. The molecule has 0 aromatic heterocycles. The molecule has 2 rings (SSSR count). The van der Waals surface area contributed by atoms with Crippen molar-refractivity contribution in [3.05, 3.63) is 0 Å². The van der Waals surface area contributed by atoms with Crippen LogP contribution in [-0.4, -0.2) is 80.1 Å². The summed E-state index contributed by atoms with van der Waals surface area (Å²) in [4.78, 5) is 11.9. The SMILES string of the molecule is CN1CCCN(CCCN=C(N)N2CCCCCC2)CC1.I. The van der Waals surface area contributed by atoms with Crippen LogP contribution in [0.15, 0.2) is 4.99 Å². The first kappa shape index (κ1) is 20.0. The molecule has 130 valence electrons. The average Bonchev–Trinajstić information content (AvgIpc) is 2.86. The van der Waals surface area contributed by atoms with Gasteiger partial charge in [0.1, 0.15) is 0 Å². The van der Waals surface area contributed by atoms with E-state index in [4.69, 9.17) is 5.73 Å². The molecule has 2 aliphatic heterocycles. The van der Waals surface area contributed by atoms with Crippen LogP contribution in [0.4, 0.5) is 0 Å². The normalized spacial score (nSPS) is 22.8. The minimum atomic E-state index is 0. The number of guanidine groups is 1. The predicted octanol–water partition coefficient (Wildman–Crippen LogP) is 1.82. The lowest BCUT2D eigenvalue weighted by Crippen LogP contribution is -2.38. The maximum absolute atomic E-state index is 6.14. The largest absolute Gasteiger partial charge is 0.370 e. The van der Waals surface area contributed by atoms with Gasteiger partial charge in [-0.3, -0.25) is 4.99 Å². The van der Waals surface area contributed by atoms with Gasteiger partial charge in [0.05, 0.1) is 0 Å². The van der Waals surface area contributed by atoms with Crippen LogP contribution in [0.5, 0.6) is 0 Å². The first-order valence-corrected chi connectivity index (χ1v) is 8.71. The number of halogens is 1. The number of nitrogens with two attached hydrogens (primary N) is 1. The highest BCUT2D eigenvalue weighted by atomic mass is 127. The zero-order chi connectivity index (χ0) is 14.9. The Bertz CT molecular complexity index is 316. The molecule has 0 radical (unpaired) electrons. The molecular formula is C16H34IN5. The van der Waals surface area contributed by atoms with Gasteiger partial charge < -0.3 is 20.4 Å². The van der Waals surface area contributed by atoms with E-state index < -0.39 is 0 Å². The number of nitrogens with zero attached hydrogens (tertiary/aromatic N) is 4. The minimum Gasteiger partial charge on any atom is -0.370 e. The van der Waals surface area contributed by atoms with Crippen LogP contribution in [0, 0.1) is 0 Å². The number of rotatable bonds is 4. The third kappa shape index (κ3) is 7.46. The van der Waals surface area contributed by atoms with Crippen LogP contribution in [-0.2, 0) is 0 Å². The van der Waals surface area contributed by atoms with Gasteiger partial charge in [0.2, 0.25) is 0 Å². The highest BCUT2D eigenvalue weighted by Crippen LogP contribution is 2.09. The first-order valence-electron chi connectivity index (χ1n) is 8.71. The summed E-state index contributed by atoms with van der Waals surface area (Å²) in [5, 5.41) is 0. The summed E-state index contributed by atoms with van der Waals surface area (Å²) in [5.41, 5.74) is 6.14. The molecule has 6 heteroatoms. The molecule has 0 bridgehead atoms. The van der Waals surface area contributed by atoms with Gasteiger partial charge in [0.25, 0.3) is 0 Å². The zero-order valence-electron chi connectivity index (χ0n) is 14.2. The molecule has 5 nitrogen and oxygen atoms in total. The summed E-state index contributed by atoms with van der Waals surface area (Å²) in [5.74, 6) is 0.771. The highest BCUT2D eigenvalue weighted by Gasteiger charge is 2.12. The third-order valence-electron chi connectivity index (χ3n) is 4.65. The lowest BCUT2D eigenvalue weighted by atomic mass is 10.2. The lowest BCUT2D eigenvalue weighted by molar-refractivity contribution is 0.275. The molecule has 22 heavy (non-hydrogen) atoms. The molecule has 0 saturated carbocycles. The van der Waals surface area contributed by atoms with Crippen LogP contribution >= 0.6 is 24.0 Å². The molecule has 0 unspecified atom stereocenters. The van der Waals surface area contributed by atoms with Gasteiger partial charge >= 0.3 is 0 Å². The van der Waals surface area contributed by atoms with E-state index in [0.29, 0.717) is 0 Å². The number of likely N-dealkylation sites (N-methyl/N-ethyl adjacent to an activating group) is 1. The van der Waals surface area contributed by atoms with Gasteiger partial charge in [0.15, 0.2) is 5.96 Å². The van der Waals surface area contributed by atoms with Crippen molar-refractivity contribution >= 4 is 29.9 Å². The molecule has 0 amide bonds. The maximum Gasteiger partial charge on any atom is 0.191 e. The Morgan fingerprint density at radius 3 is 2.36 bits per heavy atom. The molecule has 2 heterocycles. The Morgan fingerprint density at radius 1 is 0.909 bits per heavy atom. The standard InChI is InChI=1S/C16H33N5.HI/c1-19-9-7-11-20(15-14-19)10-6-8-18-16(17)21-12-4-2-3-5-13-21;/h2-15H2,1H3,(H2,17,18);1H. The lowest BCUT2D eigenvalue weighted by Gasteiger charge is -2.22. The molecule has 0 aromatic carbocycles. The minimum absolute atomic E-state index is 0. The molecular weight excluding hydrogens is 389 g/mol. The van der Waals surface area contributed by atoms with Gasteiger partial charge in [-0.05, 0) is 52.4 Å². The van der Waals surface area contributed by atoms with Gasteiger partial charge in [-0.25, -0.2) is 0 Å². The Kier molecular flexibility index (Phi) is 10.4. The topological polar surface area (TPSA) is 48.1 Å². The van der Waals surface area contributed by atoms with Crippen molar-refractivity contribution in [2.24, 2.45) is 10.7 Å². The summed E-state index contributed by atoms with van der Waals surface area (Å²) in [7, 11) is 2.22. The van der Waals surface area contributed by atoms with Gasteiger partial charge in [0, 0.05) is 32.7 Å². The van der Waals surface area contributed by atoms with Crippen molar-refractivity contribution in [3.8, 4) is 0 Å². The van der Waals surface area contributed by atoms with E-state index >= 15 is 0 Å². The van der Waals surface area contributed by atoms with Gasteiger partial charge in [-0.1, -0.05) is 12.8 Å². The van der Waals surface area contributed by atoms with Crippen LogP contribution < -0.4 is 5.73 Å². The summed E-state index contributed by atoms with van der Waals surface area (Å²) in [6.07, 6.45) is 7.61. The number of aliphatic imine (C=N–C) groups is 1. The highest BCUT2D eigenvalue weighted by molar-refractivity contribution is 14.0. The fraction of sp³-hybridized carbons (Fsp3) is 0.938. The van der Waals surface area contributed by atoms with E-state index in [-0.39, 0.29) is 24.0 Å². The van der Waals surface area contributed by atoms with Crippen molar-refractivity contribution in [3.63, 3.8) is 0 Å². The van der Waals surface area contributed by atoms with E-state index in [1.165, 1.54) is 58.3 Å². The Morgan fingerprint density at radius 2 is 1.64 bits per heavy atom. The van der Waals surface area contributed by atoms with Crippen LogP contribution in [0.2, 0.25) is 0 Å². The van der Waals surface area contributed by atoms with E-state index in [0.717, 1.165) is 38.6 Å². The second-order valence-corrected chi connectivity index (χ2v) is 6.49. The number of hydrogen-bond donors (Lipinski definition) is 1. The molecule has 0 aliphatic carbocycles. The molecule has 0 spiro atoms. The van der Waals surface area contributed by atoms with Gasteiger partial charge in [-0.2, -0.15) is 0 Å². The Balaban J connectivity index is 0.00000242. The number of hydrogen-bond acceptors (Lipinski definition) is 3. The van der Waals surface area contributed by atoms with Crippen molar-refractivity contribution < 1.29 is 0 Å². The van der Waals surface area contributed by atoms with E-state index in [1.807, 2.05) is 0 Å². The monoisotopic (exact) mass is 423 g/mol. The van der Waals surface area contributed by atoms with Gasteiger partial charge in [-0.15, -0.1) is 24.0 Å². The fourth-order valence-electron chi connectivity index (χ4n) is 3.21. The molecule has 2 N–H and O–H groups in total. The third-order valence-corrected chi connectivity index (χ3v) is 4.65. The van der Waals surface area contributed by atoms with Crippen LogP contribution in [0.1, 0.15) is 38.5 Å². The van der Waals surface area contributed by atoms with E-state index in [1.54, 1.807) is 0 Å². The van der Waals surface area contributed by atoms with E-state index in [2.05, 4.69) is 26.7 Å². The second kappa shape index (κ2) is 11.5. The maximum atomic E-state index is 6.14. The Hall–Kier alpha value is -0.0800. The van der Waals surface area contributed by atoms with Crippen molar-refractivity contribution in [1.29, 1.82) is 0 Å². The fourth-order valence-corrected chi connectivity index (χ4v) is 3.21. The predicted molar refractivity (Wildman–Crippen MR) is 105 cm³/mol. The summed E-state index contributed by atoms with van der Waals surface area (Å²) in [6.45, 7) is 9.06. The first-order chi connectivity index (χ1) is 10.3. The van der Waals surface area contributed by atoms with Crippen LogP contribution in [0.3, 0.4) is 0 Å². The summed E-state index contributed by atoms with van der Waals surface area (Å²) >= 11 is 0. The van der Waals surface area contributed by atoms with Crippen LogP contribution in [0.25, 0.3) is 0 Å². The molecule has 0 atom stereocenters. The van der Waals surface area contributed by atoms with E-state index in [9.17, 15) is 0 Å². The molecule has 2 aliphatic rings. The molecule has 2 fully saturated rings.